The van der Waals surface area contributed by atoms with Gasteiger partial charge in [-0.15, -0.1) is 0 Å². The molecule has 3 atom stereocenters. The van der Waals surface area contributed by atoms with E-state index in [0.717, 1.165) is 12.3 Å². The first kappa shape index (κ1) is 8.55. The van der Waals surface area contributed by atoms with Gasteiger partial charge in [0.25, 0.3) is 0 Å². The van der Waals surface area contributed by atoms with Crippen molar-refractivity contribution in [1.29, 1.82) is 0 Å². The molecule has 2 aliphatic rings. The summed E-state index contributed by atoms with van der Waals surface area (Å²) < 4.78 is 0. The zero-order chi connectivity index (χ0) is 8.98. The van der Waals surface area contributed by atoms with E-state index in [0.29, 0.717) is 10.8 Å². The molecule has 0 bridgehead atoms. The van der Waals surface area contributed by atoms with Gasteiger partial charge < -0.3 is 5.11 Å². The van der Waals surface area contributed by atoms with Crippen LogP contribution < -0.4 is 0 Å². The minimum atomic E-state index is 0.00859. The van der Waals surface area contributed by atoms with E-state index in [1.165, 1.54) is 19.3 Å². The summed E-state index contributed by atoms with van der Waals surface area (Å²) in [6.07, 6.45) is 4.79. The lowest BCUT2D eigenvalue weighted by Crippen LogP contribution is -2.52. The van der Waals surface area contributed by atoms with E-state index in [2.05, 4.69) is 20.8 Å². The Kier molecular flexibility index (Phi) is 1.61. The van der Waals surface area contributed by atoms with Crippen molar-refractivity contribution in [1.82, 2.24) is 0 Å². The van der Waals surface area contributed by atoms with E-state index < -0.39 is 0 Å². The summed E-state index contributed by atoms with van der Waals surface area (Å²) in [5.74, 6) is 0.796. The average molecular weight is 168 g/mol. The van der Waals surface area contributed by atoms with Crippen LogP contribution in [0.5, 0.6) is 0 Å². The van der Waals surface area contributed by atoms with E-state index >= 15 is 0 Å². The molecular formula is C11H20O. The molecule has 0 heterocycles. The van der Waals surface area contributed by atoms with Crippen molar-refractivity contribution in [2.45, 2.75) is 52.6 Å². The summed E-state index contributed by atoms with van der Waals surface area (Å²) in [5.41, 5.74) is 0.818. The number of hydrogen-bond donors (Lipinski definition) is 1. The average Bonchev–Trinajstić information content (AvgIpc) is 2.20. The van der Waals surface area contributed by atoms with Crippen LogP contribution in [-0.2, 0) is 0 Å². The van der Waals surface area contributed by atoms with Crippen molar-refractivity contribution in [3.8, 4) is 0 Å². The molecule has 0 radical (unpaired) electrons. The largest absolute Gasteiger partial charge is 0.393 e. The molecule has 0 aromatic heterocycles. The second kappa shape index (κ2) is 2.25. The fraction of sp³-hybridized carbons (Fsp3) is 1.00. The maximum Gasteiger partial charge on any atom is 0.0602 e. The Morgan fingerprint density at radius 1 is 1.33 bits per heavy atom. The molecule has 2 saturated carbocycles. The first-order valence-corrected chi connectivity index (χ1v) is 5.21. The zero-order valence-electron chi connectivity index (χ0n) is 8.43. The van der Waals surface area contributed by atoms with Crippen molar-refractivity contribution < 1.29 is 5.11 Å². The van der Waals surface area contributed by atoms with Crippen molar-refractivity contribution in [2.75, 3.05) is 0 Å². The maximum absolute atomic E-state index is 9.80. The molecule has 1 nitrogen and oxygen atoms in total. The lowest BCUT2D eigenvalue weighted by atomic mass is 9.54. The molecule has 1 N–H and O–H groups in total. The Balaban J connectivity index is 2.23. The monoisotopic (exact) mass is 168 g/mol. The lowest BCUT2D eigenvalue weighted by Gasteiger charge is -2.53. The molecule has 0 spiro atoms. The van der Waals surface area contributed by atoms with Crippen LogP contribution in [0.1, 0.15) is 46.5 Å². The summed E-state index contributed by atoms with van der Waals surface area (Å²) in [6, 6.07) is 0. The van der Waals surface area contributed by atoms with Gasteiger partial charge in [-0.3, -0.25) is 0 Å². The van der Waals surface area contributed by atoms with Crippen molar-refractivity contribution in [3.05, 3.63) is 0 Å². The summed E-state index contributed by atoms with van der Waals surface area (Å²) >= 11 is 0. The van der Waals surface area contributed by atoms with Crippen LogP contribution >= 0.6 is 0 Å². The molecule has 0 aromatic carbocycles. The summed E-state index contributed by atoms with van der Waals surface area (Å²) in [7, 11) is 0. The fourth-order valence-electron chi connectivity index (χ4n) is 3.59. The van der Waals surface area contributed by atoms with Gasteiger partial charge in [-0.05, 0) is 42.4 Å². The number of aliphatic hydroxyl groups is 1. The summed E-state index contributed by atoms with van der Waals surface area (Å²) in [4.78, 5) is 0. The topological polar surface area (TPSA) is 20.2 Å². The molecule has 2 fully saturated rings. The Labute approximate surface area is 75.2 Å². The molecular weight excluding hydrogens is 148 g/mol. The van der Waals surface area contributed by atoms with Gasteiger partial charge >= 0.3 is 0 Å². The number of aliphatic hydroxyl groups excluding tert-OH is 1. The van der Waals surface area contributed by atoms with E-state index in [-0.39, 0.29) is 6.10 Å². The van der Waals surface area contributed by atoms with Crippen LogP contribution in [0.2, 0.25) is 0 Å². The van der Waals surface area contributed by atoms with Crippen LogP contribution in [0, 0.1) is 16.7 Å². The zero-order valence-corrected chi connectivity index (χ0v) is 8.43. The Morgan fingerprint density at radius 3 is 2.33 bits per heavy atom. The first-order chi connectivity index (χ1) is 5.53. The second-order valence-electron chi connectivity index (χ2n) is 5.38. The van der Waals surface area contributed by atoms with Gasteiger partial charge in [0, 0.05) is 0 Å². The minimum absolute atomic E-state index is 0.00859. The van der Waals surface area contributed by atoms with Crippen LogP contribution in [0.25, 0.3) is 0 Å². The van der Waals surface area contributed by atoms with Gasteiger partial charge in [-0.2, -0.15) is 0 Å². The van der Waals surface area contributed by atoms with E-state index in [9.17, 15) is 5.11 Å². The molecule has 70 valence electrons. The third-order valence-electron chi connectivity index (χ3n) is 4.65. The highest BCUT2D eigenvalue weighted by molar-refractivity contribution is 5.11. The first-order valence-electron chi connectivity index (χ1n) is 5.21. The molecule has 0 aromatic rings. The summed E-state index contributed by atoms with van der Waals surface area (Å²) in [6.45, 7) is 6.96. The van der Waals surface area contributed by atoms with Gasteiger partial charge in [0.1, 0.15) is 0 Å². The predicted molar refractivity (Wildman–Crippen MR) is 49.9 cm³/mol. The summed E-state index contributed by atoms with van der Waals surface area (Å²) in [5, 5.41) is 9.80. The Bertz CT molecular complexity index is 197. The SMILES string of the molecule is CCC12CCC(C)(C)C1CC2O. The van der Waals surface area contributed by atoms with Crippen LogP contribution in [0.15, 0.2) is 0 Å². The van der Waals surface area contributed by atoms with Gasteiger partial charge in [0.05, 0.1) is 6.10 Å². The molecule has 0 amide bonds. The van der Waals surface area contributed by atoms with E-state index in [1.54, 1.807) is 0 Å². The van der Waals surface area contributed by atoms with Crippen molar-refractivity contribution >= 4 is 0 Å². The van der Waals surface area contributed by atoms with E-state index in [4.69, 9.17) is 0 Å². The number of fused-ring (bicyclic) bond motifs is 1. The van der Waals surface area contributed by atoms with Crippen LogP contribution in [0.3, 0.4) is 0 Å². The lowest BCUT2D eigenvalue weighted by molar-refractivity contribution is -0.131. The smallest absolute Gasteiger partial charge is 0.0602 e. The normalized spacial score (nSPS) is 50.0. The molecule has 0 aliphatic heterocycles. The highest BCUT2D eigenvalue weighted by Crippen LogP contribution is 2.66. The van der Waals surface area contributed by atoms with Gasteiger partial charge in [-0.25, -0.2) is 0 Å². The molecule has 3 unspecified atom stereocenters. The highest BCUT2D eigenvalue weighted by atomic mass is 16.3. The predicted octanol–water partition coefficient (Wildman–Crippen LogP) is 2.58. The van der Waals surface area contributed by atoms with E-state index in [1.807, 2.05) is 0 Å². The Morgan fingerprint density at radius 2 is 2.00 bits per heavy atom. The highest BCUT2D eigenvalue weighted by Gasteiger charge is 2.62. The van der Waals surface area contributed by atoms with Gasteiger partial charge in [0.15, 0.2) is 0 Å². The van der Waals surface area contributed by atoms with Crippen molar-refractivity contribution in [3.63, 3.8) is 0 Å². The molecule has 2 aliphatic carbocycles. The third-order valence-corrected chi connectivity index (χ3v) is 4.65. The van der Waals surface area contributed by atoms with Crippen LogP contribution in [-0.4, -0.2) is 11.2 Å². The molecule has 1 heteroatoms. The quantitative estimate of drug-likeness (QED) is 0.638. The third kappa shape index (κ3) is 0.783. The van der Waals surface area contributed by atoms with Crippen molar-refractivity contribution in [2.24, 2.45) is 16.7 Å². The molecule has 0 saturated heterocycles. The standard InChI is InChI=1S/C11H20O/c1-4-11-6-5-10(2,3)8(11)7-9(11)12/h8-9,12H,4-7H2,1-3H3. The number of rotatable bonds is 1. The van der Waals surface area contributed by atoms with Crippen LogP contribution in [0.4, 0.5) is 0 Å². The Hall–Kier alpha value is -0.0400. The molecule has 2 rings (SSSR count). The second-order valence-corrected chi connectivity index (χ2v) is 5.38. The number of hydrogen-bond acceptors (Lipinski definition) is 1. The fourth-order valence-corrected chi connectivity index (χ4v) is 3.59. The molecule has 12 heavy (non-hydrogen) atoms. The maximum atomic E-state index is 9.80. The minimum Gasteiger partial charge on any atom is -0.393 e. The van der Waals surface area contributed by atoms with Gasteiger partial charge in [-0.1, -0.05) is 20.8 Å². The van der Waals surface area contributed by atoms with Gasteiger partial charge in [0.2, 0.25) is 0 Å².